The summed E-state index contributed by atoms with van der Waals surface area (Å²) in [5, 5.41) is 3.28. The molecule has 3 aromatic rings. The van der Waals surface area contributed by atoms with E-state index < -0.39 is 5.95 Å². The number of ketones is 1. The molecule has 120 valence electrons. The van der Waals surface area contributed by atoms with Gasteiger partial charge in [0.25, 0.3) is 0 Å². The van der Waals surface area contributed by atoms with Crippen molar-refractivity contribution in [3.63, 3.8) is 0 Å². The number of anilines is 2. The van der Waals surface area contributed by atoms with Gasteiger partial charge < -0.3 is 5.32 Å². The molecule has 0 spiro atoms. The summed E-state index contributed by atoms with van der Waals surface area (Å²) in [5.74, 6) is -0.724. The van der Waals surface area contributed by atoms with Crippen LogP contribution >= 0.6 is 0 Å². The van der Waals surface area contributed by atoms with Gasteiger partial charge in [-0.25, -0.2) is 4.98 Å². The van der Waals surface area contributed by atoms with Gasteiger partial charge in [-0.05, 0) is 42.8 Å². The fourth-order valence-electron chi connectivity index (χ4n) is 2.30. The number of hydrogen-bond acceptors (Lipinski definition) is 4. The summed E-state index contributed by atoms with van der Waals surface area (Å²) in [5.41, 5.74) is 4.07. The van der Waals surface area contributed by atoms with E-state index in [9.17, 15) is 9.18 Å². The van der Waals surface area contributed by atoms with E-state index in [1.807, 2.05) is 31.2 Å². The van der Waals surface area contributed by atoms with Crippen LogP contribution in [0.1, 0.15) is 21.5 Å². The zero-order chi connectivity index (χ0) is 16.9. The maximum atomic E-state index is 12.9. The number of pyridine rings is 2. The second-order valence-electron chi connectivity index (χ2n) is 5.49. The maximum Gasteiger partial charge on any atom is 0.212 e. The maximum absolute atomic E-state index is 12.9. The number of carbonyl (C=O) groups is 1. The lowest BCUT2D eigenvalue weighted by Crippen LogP contribution is -2.07. The molecule has 0 unspecified atom stereocenters. The highest BCUT2D eigenvalue weighted by Gasteiger charge is 2.11. The van der Waals surface area contributed by atoms with Gasteiger partial charge in [0, 0.05) is 30.1 Å². The van der Waals surface area contributed by atoms with Crippen molar-refractivity contribution in [3.8, 4) is 0 Å². The Morgan fingerprint density at radius 2 is 1.88 bits per heavy atom. The molecule has 24 heavy (non-hydrogen) atoms. The predicted molar refractivity (Wildman–Crippen MR) is 90.9 cm³/mol. The average molecular weight is 321 g/mol. The van der Waals surface area contributed by atoms with Gasteiger partial charge in [-0.3, -0.25) is 9.78 Å². The SMILES string of the molecule is Cc1ccc(Nc2cnccc2CC(=O)c2ccc(F)nc2)cc1. The Morgan fingerprint density at radius 1 is 1.08 bits per heavy atom. The molecule has 2 heterocycles. The number of aromatic nitrogens is 2. The predicted octanol–water partition coefficient (Wildman–Crippen LogP) is 4.09. The lowest BCUT2D eigenvalue weighted by Gasteiger charge is -2.11. The van der Waals surface area contributed by atoms with Crippen molar-refractivity contribution >= 4 is 17.2 Å². The Balaban J connectivity index is 1.79. The summed E-state index contributed by atoms with van der Waals surface area (Å²) in [7, 11) is 0. The van der Waals surface area contributed by atoms with Gasteiger partial charge in [0.05, 0.1) is 11.9 Å². The number of rotatable bonds is 5. The summed E-state index contributed by atoms with van der Waals surface area (Å²) in [6.45, 7) is 2.02. The van der Waals surface area contributed by atoms with Crippen molar-refractivity contribution in [2.75, 3.05) is 5.32 Å². The van der Waals surface area contributed by atoms with E-state index >= 15 is 0 Å². The third-order valence-electron chi connectivity index (χ3n) is 3.64. The van der Waals surface area contributed by atoms with Crippen LogP contribution < -0.4 is 5.32 Å². The normalized spacial score (nSPS) is 10.4. The number of aryl methyl sites for hydroxylation is 1. The highest BCUT2D eigenvalue weighted by Crippen LogP contribution is 2.21. The zero-order valence-electron chi connectivity index (χ0n) is 13.2. The third kappa shape index (κ3) is 3.81. The summed E-state index contributed by atoms with van der Waals surface area (Å²) >= 11 is 0. The lowest BCUT2D eigenvalue weighted by atomic mass is 10.0. The molecule has 0 fully saturated rings. The first kappa shape index (κ1) is 15.8. The van der Waals surface area contributed by atoms with Gasteiger partial charge in [0.15, 0.2) is 5.78 Å². The molecule has 0 bridgehead atoms. The molecule has 1 N–H and O–H groups in total. The van der Waals surface area contributed by atoms with E-state index in [0.29, 0.717) is 5.56 Å². The molecule has 0 aliphatic rings. The molecule has 0 aliphatic heterocycles. The van der Waals surface area contributed by atoms with Crippen molar-refractivity contribution in [2.24, 2.45) is 0 Å². The van der Waals surface area contributed by atoms with Gasteiger partial charge in [-0.2, -0.15) is 4.39 Å². The van der Waals surface area contributed by atoms with E-state index in [-0.39, 0.29) is 12.2 Å². The topological polar surface area (TPSA) is 54.9 Å². The van der Waals surface area contributed by atoms with Gasteiger partial charge in [-0.15, -0.1) is 0 Å². The van der Waals surface area contributed by atoms with Crippen LogP contribution in [0.4, 0.5) is 15.8 Å². The van der Waals surface area contributed by atoms with E-state index in [4.69, 9.17) is 0 Å². The van der Waals surface area contributed by atoms with Crippen LogP contribution in [0.5, 0.6) is 0 Å². The Hall–Kier alpha value is -3.08. The van der Waals surface area contributed by atoms with Crippen molar-refractivity contribution in [3.05, 3.63) is 83.7 Å². The van der Waals surface area contributed by atoms with Crippen LogP contribution in [0.25, 0.3) is 0 Å². The van der Waals surface area contributed by atoms with Gasteiger partial charge in [-0.1, -0.05) is 17.7 Å². The summed E-state index contributed by atoms with van der Waals surface area (Å²) in [6, 6.07) is 12.4. The minimum absolute atomic E-state index is 0.124. The van der Waals surface area contributed by atoms with Gasteiger partial charge in [0.2, 0.25) is 5.95 Å². The van der Waals surface area contributed by atoms with Gasteiger partial charge >= 0.3 is 0 Å². The van der Waals surface area contributed by atoms with E-state index in [0.717, 1.165) is 16.9 Å². The minimum Gasteiger partial charge on any atom is -0.354 e. The molecular weight excluding hydrogens is 305 g/mol. The Labute approximate surface area is 139 Å². The van der Waals surface area contributed by atoms with Crippen LogP contribution in [-0.4, -0.2) is 15.8 Å². The Bertz CT molecular complexity index is 845. The molecule has 0 aliphatic carbocycles. The highest BCUT2D eigenvalue weighted by atomic mass is 19.1. The molecule has 1 aromatic carbocycles. The monoisotopic (exact) mass is 321 g/mol. The molecule has 0 atom stereocenters. The minimum atomic E-state index is -0.600. The van der Waals surface area contributed by atoms with Crippen molar-refractivity contribution in [1.29, 1.82) is 0 Å². The second-order valence-corrected chi connectivity index (χ2v) is 5.49. The molecule has 4 nitrogen and oxygen atoms in total. The van der Waals surface area contributed by atoms with Crippen LogP contribution in [-0.2, 0) is 6.42 Å². The molecule has 0 radical (unpaired) electrons. The quantitative estimate of drug-likeness (QED) is 0.568. The smallest absolute Gasteiger partial charge is 0.212 e. The lowest BCUT2D eigenvalue weighted by molar-refractivity contribution is 0.0992. The number of nitrogens with zero attached hydrogens (tertiary/aromatic N) is 2. The van der Waals surface area contributed by atoms with Crippen molar-refractivity contribution in [2.45, 2.75) is 13.3 Å². The largest absolute Gasteiger partial charge is 0.354 e. The number of carbonyl (C=O) groups excluding carboxylic acids is 1. The first-order valence-electron chi connectivity index (χ1n) is 7.53. The summed E-state index contributed by atoms with van der Waals surface area (Å²) in [6.07, 6.45) is 4.77. The summed E-state index contributed by atoms with van der Waals surface area (Å²) in [4.78, 5) is 20.0. The standard InChI is InChI=1S/C19H16FN3O/c1-13-2-5-16(6-3-13)23-17-12-21-9-8-14(17)10-18(24)15-4-7-19(20)22-11-15/h2-9,11-12,23H,10H2,1H3. The number of nitrogens with one attached hydrogen (secondary N) is 1. The fraction of sp³-hybridized carbons (Fsp3) is 0.105. The molecule has 0 saturated heterocycles. The van der Waals surface area contributed by atoms with Crippen LogP contribution in [0.15, 0.2) is 61.1 Å². The molecule has 5 heteroatoms. The van der Waals surface area contributed by atoms with Crippen molar-refractivity contribution in [1.82, 2.24) is 9.97 Å². The van der Waals surface area contributed by atoms with E-state index in [1.54, 1.807) is 18.5 Å². The molecule has 0 saturated carbocycles. The fourth-order valence-corrected chi connectivity index (χ4v) is 2.30. The van der Waals surface area contributed by atoms with Gasteiger partial charge in [0.1, 0.15) is 0 Å². The van der Waals surface area contributed by atoms with Crippen LogP contribution in [0.2, 0.25) is 0 Å². The average Bonchev–Trinajstić information content (AvgIpc) is 2.59. The number of hydrogen-bond donors (Lipinski definition) is 1. The number of benzene rings is 1. The first-order valence-corrected chi connectivity index (χ1v) is 7.53. The third-order valence-corrected chi connectivity index (χ3v) is 3.64. The van der Waals surface area contributed by atoms with Crippen LogP contribution in [0, 0.1) is 12.9 Å². The number of halogens is 1. The highest BCUT2D eigenvalue weighted by molar-refractivity contribution is 5.98. The van der Waals surface area contributed by atoms with Crippen LogP contribution in [0.3, 0.4) is 0 Å². The van der Waals surface area contributed by atoms with E-state index in [1.165, 1.54) is 23.9 Å². The Kier molecular flexibility index (Phi) is 4.61. The summed E-state index contributed by atoms with van der Waals surface area (Å²) < 4.78 is 12.9. The molecule has 3 rings (SSSR count). The number of Topliss-reactive ketones (excluding diaryl/α,β-unsaturated/α-hetero) is 1. The first-order chi connectivity index (χ1) is 11.6. The Morgan fingerprint density at radius 3 is 2.58 bits per heavy atom. The van der Waals surface area contributed by atoms with Crippen molar-refractivity contribution < 1.29 is 9.18 Å². The molecule has 2 aromatic heterocycles. The zero-order valence-corrected chi connectivity index (χ0v) is 13.2. The molecular formula is C19H16FN3O. The van der Waals surface area contributed by atoms with E-state index in [2.05, 4.69) is 15.3 Å². The molecule has 0 amide bonds. The second kappa shape index (κ2) is 7.00.